The molecule has 3 rings (SSSR count). The van der Waals surface area contributed by atoms with Gasteiger partial charge in [-0.3, -0.25) is 13.9 Å². The van der Waals surface area contributed by atoms with Crippen LogP contribution in [0.2, 0.25) is 0 Å². The summed E-state index contributed by atoms with van der Waals surface area (Å²) >= 11 is 0. The third-order valence-corrected chi connectivity index (χ3v) is 7.71. The Morgan fingerprint density at radius 3 is 2.33 bits per heavy atom. The zero-order valence-corrected chi connectivity index (χ0v) is 22.1. The minimum Gasteiger partial charge on any atom is -0.352 e. The minimum absolute atomic E-state index is 0.0861. The van der Waals surface area contributed by atoms with Crippen molar-refractivity contribution in [1.29, 1.82) is 0 Å². The van der Waals surface area contributed by atoms with E-state index in [9.17, 15) is 22.4 Å². The maximum Gasteiger partial charge on any atom is 0.244 e. The second kappa shape index (κ2) is 12.3. The number of anilines is 1. The van der Waals surface area contributed by atoms with Crippen LogP contribution in [0.4, 0.5) is 10.1 Å². The van der Waals surface area contributed by atoms with Gasteiger partial charge in [0.1, 0.15) is 18.4 Å². The summed E-state index contributed by atoms with van der Waals surface area (Å²) in [5, 5.41) is 3.12. The number of sulfonamides is 1. The second-order valence-electron chi connectivity index (χ2n) is 9.52. The van der Waals surface area contributed by atoms with Gasteiger partial charge in [-0.2, -0.15) is 0 Å². The van der Waals surface area contributed by atoms with Crippen LogP contribution in [0.5, 0.6) is 0 Å². The van der Waals surface area contributed by atoms with Crippen molar-refractivity contribution in [3.05, 3.63) is 65.5 Å². The molecule has 0 spiro atoms. The van der Waals surface area contributed by atoms with Crippen LogP contribution in [0.1, 0.15) is 56.6 Å². The monoisotopic (exact) mass is 517 g/mol. The first-order chi connectivity index (χ1) is 17.1. The van der Waals surface area contributed by atoms with E-state index in [0.717, 1.165) is 65.9 Å². The summed E-state index contributed by atoms with van der Waals surface area (Å²) in [5.74, 6) is -1.24. The van der Waals surface area contributed by atoms with E-state index in [4.69, 9.17) is 0 Å². The molecular formula is C27H36FN3O4S. The Hall–Kier alpha value is -2.94. The predicted octanol–water partition coefficient (Wildman–Crippen LogP) is 4.16. The highest BCUT2D eigenvalue weighted by molar-refractivity contribution is 7.92. The summed E-state index contributed by atoms with van der Waals surface area (Å²) < 4.78 is 39.6. The van der Waals surface area contributed by atoms with Crippen molar-refractivity contribution >= 4 is 27.5 Å². The number of halogens is 1. The molecule has 2 aromatic carbocycles. The molecule has 1 aliphatic carbocycles. The SMILES string of the molecule is CC[C@H](C(=O)NC1CCCCC1)N(Cc1cccc(C)c1)C(=O)CN(c1ccc(F)cc1)S(C)(=O)=O. The number of aryl methyl sites for hydroxylation is 1. The number of nitrogens with one attached hydrogen (secondary N) is 1. The van der Waals surface area contributed by atoms with Crippen LogP contribution in [-0.2, 0) is 26.2 Å². The van der Waals surface area contributed by atoms with Crippen LogP contribution in [0, 0.1) is 12.7 Å². The molecule has 0 radical (unpaired) electrons. The number of carbonyl (C=O) groups is 2. The maximum absolute atomic E-state index is 13.7. The van der Waals surface area contributed by atoms with Crippen molar-refractivity contribution in [2.24, 2.45) is 0 Å². The maximum atomic E-state index is 13.7. The second-order valence-corrected chi connectivity index (χ2v) is 11.4. The average molecular weight is 518 g/mol. The van der Waals surface area contributed by atoms with Crippen LogP contribution < -0.4 is 9.62 Å². The summed E-state index contributed by atoms with van der Waals surface area (Å²) in [7, 11) is -3.85. The lowest BCUT2D eigenvalue weighted by atomic mass is 9.95. The Labute approximate surface area is 213 Å². The van der Waals surface area contributed by atoms with Crippen molar-refractivity contribution in [2.45, 2.75) is 71.0 Å². The summed E-state index contributed by atoms with van der Waals surface area (Å²) in [4.78, 5) is 28.5. The molecular weight excluding hydrogens is 481 g/mol. The highest BCUT2D eigenvalue weighted by Gasteiger charge is 2.32. The number of hydrogen-bond acceptors (Lipinski definition) is 4. The Morgan fingerprint density at radius 1 is 1.08 bits per heavy atom. The fourth-order valence-corrected chi connectivity index (χ4v) is 5.54. The van der Waals surface area contributed by atoms with Gasteiger partial charge in [0.15, 0.2) is 0 Å². The molecule has 196 valence electrons. The molecule has 0 aliphatic heterocycles. The molecule has 0 bridgehead atoms. The molecule has 0 unspecified atom stereocenters. The first-order valence-electron chi connectivity index (χ1n) is 12.5. The zero-order chi connectivity index (χ0) is 26.3. The molecule has 0 saturated heterocycles. The molecule has 9 heteroatoms. The van der Waals surface area contributed by atoms with Crippen molar-refractivity contribution in [3.8, 4) is 0 Å². The average Bonchev–Trinajstić information content (AvgIpc) is 2.83. The molecule has 1 aliphatic rings. The van der Waals surface area contributed by atoms with Crippen LogP contribution in [0.15, 0.2) is 48.5 Å². The standard InChI is InChI=1S/C27H36FN3O4S/c1-4-25(27(33)29-23-11-6-5-7-12-23)30(18-21-10-8-9-20(2)17-21)26(32)19-31(36(3,34)35)24-15-13-22(28)14-16-24/h8-10,13-17,23,25H,4-7,11-12,18-19H2,1-3H3,(H,29,33)/t25-/m1/s1. The molecule has 2 aromatic rings. The Morgan fingerprint density at radius 2 is 1.75 bits per heavy atom. The number of nitrogens with zero attached hydrogens (tertiary/aromatic N) is 2. The Kier molecular flexibility index (Phi) is 9.48. The molecule has 0 aromatic heterocycles. The highest BCUT2D eigenvalue weighted by atomic mass is 32.2. The lowest BCUT2D eigenvalue weighted by molar-refractivity contribution is -0.140. The summed E-state index contributed by atoms with van der Waals surface area (Å²) in [6, 6.07) is 11.9. The zero-order valence-electron chi connectivity index (χ0n) is 21.2. The van der Waals surface area contributed by atoms with E-state index in [1.807, 2.05) is 38.1 Å². The van der Waals surface area contributed by atoms with Gasteiger partial charge < -0.3 is 10.2 Å². The third kappa shape index (κ3) is 7.53. The van der Waals surface area contributed by atoms with E-state index in [2.05, 4.69) is 5.32 Å². The fourth-order valence-electron chi connectivity index (χ4n) is 4.69. The molecule has 1 atom stereocenters. The van der Waals surface area contributed by atoms with Gasteiger partial charge in [-0.15, -0.1) is 0 Å². The largest absolute Gasteiger partial charge is 0.352 e. The topological polar surface area (TPSA) is 86.8 Å². The van der Waals surface area contributed by atoms with E-state index >= 15 is 0 Å². The van der Waals surface area contributed by atoms with Crippen LogP contribution in [0.25, 0.3) is 0 Å². The van der Waals surface area contributed by atoms with Crippen LogP contribution in [-0.4, -0.2) is 50.0 Å². The van der Waals surface area contributed by atoms with Crippen molar-refractivity contribution in [3.63, 3.8) is 0 Å². The normalized spacial score (nSPS) is 15.2. The lowest BCUT2D eigenvalue weighted by Gasteiger charge is -2.34. The number of rotatable bonds is 10. The van der Waals surface area contributed by atoms with E-state index in [1.54, 1.807) is 0 Å². The van der Waals surface area contributed by atoms with Gasteiger partial charge in [-0.05, 0) is 56.0 Å². The first kappa shape index (κ1) is 27.6. The quantitative estimate of drug-likeness (QED) is 0.513. The van der Waals surface area contributed by atoms with E-state index < -0.39 is 34.3 Å². The van der Waals surface area contributed by atoms with Gasteiger partial charge in [0, 0.05) is 12.6 Å². The van der Waals surface area contributed by atoms with Gasteiger partial charge >= 0.3 is 0 Å². The van der Waals surface area contributed by atoms with Gasteiger partial charge in [-0.1, -0.05) is 56.0 Å². The summed E-state index contributed by atoms with van der Waals surface area (Å²) in [5.41, 5.74) is 2.05. The first-order valence-corrected chi connectivity index (χ1v) is 14.3. The summed E-state index contributed by atoms with van der Waals surface area (Å²) in [6.45, 7) is 3.46. The van der Waals surface area contributed by atoms with Crippen molar-refractivity contribution in [1.82, 2.24) is 10.2 Å². The third-order valence-electron chi connectivity index (χ3n) is 6.57. The van der Waals surface area contributed by atoms with E-state index in [0.29, 0.717) is 6.42 Å². The predicted molar refractivity (Wildman–Crippen MR) is 139 cm³/mol. The molecule has 36 heavy (non-hydrogen) atoms. The van der Waals surface area contributed by atoms with Gasteiger partial charge in [0.2, 0.25) is 21.8 Å². The minimum atomic E-state index is -3.85. The van der Waals surface area contributed by atoms with Crippen molar-refractivity contribution in [2.75, 3.05) is 17.1 Å². The van der Waals surface area contributed by atoms with E-state index in [1.165, 1.54) is 17.0 Å². The van der Waals surface area contributed by atoms with E-state index in [-0.39, 0.29) is 24.2 Å². The Bertz CT molecular complexity index is 1150. The molecule has 7 nitrogen and oxygen atoms in total. The number of benzene rings is 2. The summed E-state index contributed by atoms with van der Waals surface area (Å²) in [6.07, 6.45) is 6.50. The smallest absolute Gasteiger partial charge is 0.244 e. The highest BCUT2D eigenvalue weighted by Crippen LogP contribution is 2.22. The fraction of sp³-hybridized carbons (Fsp3) is 0.481. The van der Waals surface area contributed by atoms with Gasteiger partial charge in [0.25, 0.3) is 0 Å². The molecule has 1 saturated carbocycles. The Balaban J connectivity index is 1.90. The molecule has 1 fully saturated rings. The lowest BCUT2D eigenvalue weighted by Crippen LogP contribution is -2.53. The van der Waals surface area contributed by atoms with Crippen molar-refractivity contribution < 1.29 is 22.4 Å². The number of carbonyl (C=O) groups excluding carboxylic acids is 2. The van der Waals surface area contributed by atoms with Crippen LogP contribution in [0.3, 0.4) is 0 Å². The number of amides is 2. The number of hydrogen-bond donors (Lipinski definition) is 1. The molecule has 1 N–H and O–H groups in total. The van der Waals surface area contributed by atoms with Crippen LogP contribution >= 0.6 is 0 Å². The van der Waals surface area contributed by atoms with Gasteiger partial charge in [0.05, 0.1) is 11.9 Å². The molecule has 0 heterocycles. The molecule has 2 amide bonds. The van der Waals surface area contributed by atoms with Gasteiger partial charge in [-0.25, -0.2) is 12.8 Å².